The highest BCUT2D eigenvalue weighted by Crippen LogP contribution is 2.45. The Kier molecular flexibility index (Phi) is 5.54. The molecular weight excluding hydrogens is 460 g/mol. The third-order valence-electron chi connectivity index (χ3n) is 6.00. The molecule has 2 aliphatic heterocycles. The lowest BCUT2D eigenvalue weighted by Crippen LogP contribution is -2.37. The van der Waals surface area contributed by atoms with E-state index in [0.717, 1.165) is 6.07 Å². The van der Waals surface area contributed by atoms with E-state index in [1.165, 1.54) is 19.2 Å². The second kappa shape index (κ2) is 8.57. The predicted molar refractivity (Wildman–Crippen MR) is 119 cm³/mol. The number of benzene rings is 3. The monoisotopic (exact) mass is 482 g/mol. The van der Waals surface area contributed by atoms with E-state index >= 15 is 0 Å². The van der Waals surface area contributed by atoms with Gasteiger partial charge in [-0.15, -0.1) is 0 Å². The average Bonchev–Trinajstić information content (AvgIpc) is 2.85. The van der Waals surface area contributed by atoms with Crippen LogP contribution in [0.4, 0.5) is 0 Å². The van der Waals surface area contributed by atoms with Gasteiger partial charge in [0.05, 0.1) is 13.7 Å². The molecule has 3 aromatic carbocycles. The van der Waals surface area contributed by atoms with Gasteiger partial charge < -0.3 is 44.5 Å². The van der Waals surface area contributed by atoms with Gasteiger partial charge in [0.15, 0.2) is 47.4 Å². The summed E-state index contributed by atoms with van der Waals surface area (Å²) in [6, 6.07) is 11.5. The maximum atomic E-state index is 12.7. The molecule has 5 rings (SSSR count). The van der Waals surface area contributed by atoms with Gasteiger partial charge in [-0.25, -0.2) is 0 Å². The fourth-order valence-corrected chi connectivity index (χ4v) is 4.28. The highest BCUT2D eigenvalue weighted by molar-refractivity contribution is 6.05. The van der Waals surface area contributed by atoms with Gasteiger partial charge in [0.25, 0.3) is 0 Å². The number of aliphatic hydroxyl groups excluding tert-OH is 2. The summed E-state index contributed by atoms with van der Waals surface area (Å²) in [5.74, 6) is -0.823. The molecule has 0 unspecified atom stereocenters. The lowest BCUT2D eigenvalue weighted by molar-refractivity contribution is -0.0130. The second-order valence-corrected chi connectivity index (χ2v) is 8.20. The lowest BCUT2D eigenvalue weighted by atomic mass is 9.92. The van der Waals surface area contributed by atoms with Crippen LogP contribution >= 0.6 is 0 Å². The fourth-order valence-electron chi connectivity index (χ4n) is 4.28. The zero-order valence-corrected chi connectivity index (χ0v) is 18.4. The third-order valence-corrected chi connectivity index (χ3v) is 6.00. The van der Waals surface area contributed by atoms with E-state index in [9.17, 15) is 30.3 Å². The molecule has 0 saturated heterocycles. The van der Waals surface area contributed by atoms with Gasteiger partial charge in [-0.3, -0.25) is 4.79 Å². The van der Waals surface area contributed by atoms with Crippen LogP contribution in [0.2, 0.25) is 0 Å². The number of carbonyl (C=O) groups excluding carboxylic acids is 1. The van der Waals surface area contributed by atoms with Gasteiger partial charge in [0.1, 0.15) is 22.8 Å². The number of aliphatic hydroxyl groups is 2. The maximum absolute atomic E-state index is 12.7. The van der Waals surface area contributed by atoms with Crippen molar-refractivity contribution in [2.75, 3.05) is 13.7 Å². The molecule has 4 atom stereocenters. The third kappa shape index (κ3) is 3.82. The maximum Gasteiger partial charge on any atom is 0.202 e. The van der Waals surface area contributed by atoms with Crippen molar-refractivity contribution < 1.29 is 49.3 Å². The van der Waals surface area contributed by atoms with Gasteiger partial charge >= 0.3 is 0 Å². The SMILES string of the molecule is COc1cc([C@@H]2Oc3cc([C@@H]4Oc5cc(O)cc(O)c5C(=O)[C@H]4O)ccc3O[C@H]2CO)ccc1O. The molecular formula is C25H22O10. The molecule has 0 spiro atoms. The number of methoxy groups -OCH3 is 1. The molecule has 0 aromatic heterocycles. The molecule has 0 bridgehead atoms. The molecule has 10 heteroatoms. The van der Waals surface area contributed by atoms with Crippen molar-refractivity contribution >= 4 is 5.78 Å². The molecule has 0 fully saturated rings. The molecule has 0 aliphatic carbocycles. The standard InChI is InChI=1S/C25H22O10/c1-32-17-6-11(2-4-14(17)28)24-20(10-26)33-16-5-3-12(7-18(16)34-24)25-23(31)22(30)21-15(29)8-13(27)9-19(21)35-25/h2-9,20,23-29,31H,10H2,1H3/t20-,23+,24-,25-/m0/s1. The van der Waals surface area contributed by atoms with Crippen LogP contribution in [0.15, 0.2) is 48.5 Å². The Morgan fingerprint density at radius 2 is 1.54 bits per heavy atom. The van der Waals surface area contributed by atoms with E-state index in [-0.39, 0.29) is 40.9 Å². The van der Waals surface area contributed by atoms with E-state index < -0.39 is 35.9 Å². The lowest BCUT2D eigenvalue weighted by Gasteiger charge is -2.35. The number of phenols is 3. The molecule has 10 nitrogen and oxygen atoms in total. The number of hydrogen-bond donors (Lipinski definition) is 5. The van der Waals surface area contributed by atoms with E-state index in [0.29, 0.717) is 16.9 Å². The summed E-state index contributed by atoms with van der Waals surface area (Å²) in [6.45, 7) is -0.349. The Bertz CT molecular complexity index is 1300. The fraction of sp³-hybridized carbons (Fsp3) is 0.240. The van der Waals surface area contributed by atoms with Crippen LogP contribution in [-0.4, -0.2) is 57.2 Å². The number of hydrogen-bond acceptors (Lipinski definition) is 10. The van der Waals surface area contributed by atoms with Crippen molar-refractivity contribution in [2.24, 2.45) is 0 Å². The number of ketones is 1. The molecule has 0 saturated carbocycles. The number of phenolic OH excluding ortho intramolecular Hbond substituents is 3. The van der Waals surface area contributed by atoms with E-state index in [2.05, 4.69) is 0 Å². The molecule has 0 amide bonds. The zero-order chi connectivity index (χ0) is 24.9. The summed E-state index contributed by atoms with van der Waals surface area (Å²) < 4.78 is 23.0. The van der Waals surface area contributed by atoms with Crippen LogP contribution in [-0.2, 0) is 0 Å². The number of aromatic hydroxyl groups is 3. The Balaban J connectivity index is 1.49. The number of carbonyl (C=O) groups is 1. The molecule has 0 radical (unpaired) electrons. The normalized spacial score (nSPS) is 22.8. The van der Waals surface area contributed by atoms with Crippen molar-refractivity contribution in [3.8, 4) is 40.2 Å². The van der Waals surface area contributed by atoms with Crippen LogP contribution in [0.3, 0.4) is 0 Å². The minimum Gasteiger partial charge on any atom is -0.508 e. The van der Waals surface area contributed by atoms with Gasteiger partial charge in [0.2, 0.25) is 5.78 Å². The van der Waals surface area contributed by atoms with Crippen molar-refractivity contribution in [1.29, 1.82) is 0 Å². The summed E-state index contributed by atoms with van der Waals surface area (Å²) in [6.07, 6.45) is -4.28. The highest BCUT2D eigenvalue weighted by Gasteiger charge is 2.40. The molecule has 182 valence electrons. The summed E-state index contributed by atoms with van der Waals surface area (Å²) in [7, 11) is 1.41. The molecule has 35 heavy (non-hydrogen) atoms. The van der Waals surface area contributed by atoms with Gasteiger partial charge in [-0.2, -0.15) is 0 Å². The Morgan fingerprint density at radius 3 is 2.29 bits per heavy atom. The summed E-state index contributed by atoms with van der Waals surface area (Å²) in [5, 5.41) is 50.2. The number of rotatable bonds is 4. The quantitative estimate of drug-likeness (QED) is 0.374. The van der Waals surface area contributed by atoms with Gasteiger partial charge in [-0.05, 0) is 29.8 Å². The molecule has 5 N–H and O–H groups in total. The van der Waals surface area contributed by atoms with Crippen molar-refractivity contribution in [2.45, 2.75) is 24.4 Å². The summed E-state index contributed by atoms with van der Waals surface area (Å²) in [4.78, 5) is 12.7. The minimum atomic E-state index is -1.62. The van der Waals surface area contributed by atoms with Gasteiger partial charge in [-0.1, -0.05) is 12.1 Å². The van der Waals surface area contributed by atoms with E-state index in [4.69, 9.17) is 18.9 Å². The second-order valence-electron chi connectivity index (χ2n) is 8.20. The summed E-state index contributed by atoms with van der Waals surface area (Å²) >= 11 is 0. The Hall–Kier alpha value is -4.15. The first-order valence-corrected chi connectivity index (χ1v) is 10.7. The first-order chi connectivity index (χ1) is 16.8. The predicted octanol–water partition coefficient (Wildman–Crippen LogP) is 2.36. The van der Waals surface area contributed by atoms with Crippen molar-refractivity contribution in [3.05, 3.63) is 65.2 Å². The van der Waals surface area contributed by atoms with Crippen LogP contribution < -0.4 is 18.9 Å². The van der Waals surface area contributed by atoms with E-state index in [1.807, 2.05) is 0 Å². The zero-order valence-electron chi connectivity index (χ0n) is 18.4. The minimum absolute atomic E-state index is 0.0540. The number of Topliss-reactive ketones (excluding diaryl/α,β-unsaturated/α-hetero) is 1. The highest BCUT2D eigenvalue weighted by atomic mass is 16.6. The van der Waals surface area contributed by atoms with Crippen LogP contribution in [0.1, 0.15) is 33.7 Å². The van der Waals surface area contributed by atoms with Crippen LogP contribution in [0, 0.1) is 0 Å². The van der Waals surface area contributed by atoms with Gasteiger partial charge in [0, 0.05) is 17.7 Å². The Morgan fingerprint density at radius 1 is 0.829 bits per heavy atom. The van der Waals surface area contributed by atoms with Crippen molar-refractivity contribution in [1.82, 2.24) is 0 Å². The molecule has 2 aliphatic rings. The largest absolute Gasteiger partial charge is 0.508 e. The first kappa shape index (κ1) is 22.6. The number of ether oxygens (including phenoxy) is 4. The summed E-state index contributed by atoms with van der Waals surface area (Å²) in [5.41, 5.74) is 0.751. The number of fused-ring (bicyclic) bond motifs is 2. The van der Waals surface area contributed by atoms with Crippen LogP contribution in [0.25, 0.3) is 0 Å². The van der Waals surface area contributed by atoms with Crippen LogP contribution in [0.5, 0.6) is 40.2 Å². The average molecular weight is 482 g/mol. The topological polar surface area (TPSA) is 155 Å². The van der Waals surface area contributed by atoms with Crippen molar-refractivity contribution in [3.63, 3.8) is 0 Å². The first-order valence-electron chi connectivity index (χ1n) is 10.7. The molecule has 3 aromatic rings. The molecule has 2 heterocycles. The Labute approximate surface area is 199 Å². The smallest absolute Gasteiger partial charge is 0.202 e. The van der Waals surface area contributed by atoms with E-state index in [1.54, 1.807) is 30.3 Å².